The van der Waals surface area contributed by atoms with E-state index in [1.165, 1.54) is 12.1 Å². The molecule has 1 aliphatic heterocycles. The van der Waals surface area contributed by atoms with Crippen molar-refractivity contribution in [2.45, 2.75) is 12.2 Å². The second kappa shape index (κ2) is 4.55. The van der Waals surface area contributed by atoms with Gasteiger partial charge in [-0.25, -0.2) is 12.8 Å². The topological polar surface area (TPSA) is 87.4 Å². The number of benzene rings is 1. The van der Waals surface area contributed by atoms with Gasteiger partial charge in [0.05, 0.1) is 23.1 Å². The quantitative estimate of drug-likeness (QED) is 0.832. The van der Waals surface area contributed by atoms with E-state index >= 15 is 0 Å². The number of aliphatic hydroxyl groups is 1. The fraction of sp³-hybridized carbons (Fsp3) is 0.364. The van der Waals surface area contributed by atoms with Crippen molar-refractivity contribution in [1.29, 1.82) is 5.26 Å². The smallest absolute Gasteiger partial charge is 0.166 e. The molecule has 0 saturated carbocycles. The van der Waals surface area contributed by atoms with E-state index in [1.807, 2.05) is 0 Å². The summed E-state index contributed by atoms with van der Waals surface area (Å²) < 4.78 is 41.1. The van der Waals surface area contributed by atoms with Crippen LogP contribution >= 0.6 is 0 Å². The predicted molar refractivity (Wildman–Crippen MR) is 60.2 cm³/mol. The lowest BCUT2D eigenvalue weighted by Gasteiger charge is -2.16. The van der Waals surface area contributed by atoms with Gasteiger partial charge in [0, 0.05) is 0 Å². The van der Waals surface area contributed by atoms with Crippen LogP contribution in [0.25, 0.3) is 0 Å². The van der Waals surface area contributed by atoms with Crippen LogP contribution in [0.15, 0.2) is 18.2 Å². The highest BCUT2D eigenvalue weighted by Crippen LogP contribution is 2.23. The molecule has 0 aliphatic carbocycles. The molecule has 1 aromatic carbocycles. The Morgan fingerprint density at radius 1 is 1.44 bits per heavy atom. The van der Waals surface area contributed by atoms with E-state index in [0.717, 1.165) is 6.07 Å². The maximum Gasteiger partial charge on any atom is 0.166 e. The van der Waals surface area contributed by atoms with E-state index in [0.29, 0.717) is 0 Å². The lowest BCUT2D eigenvalue weighted by atomic mass is 10.2. The Kier molecular flexibility index (Phi) is 3.24. The van der Waals surface area contributed by atoms with Crippen LogP contribution in [0.2, 0.25) is 0 Å². The molecule has 0 aromatic heterocycles. The first-order valence-electron chi connectivity index (χ1n) is 5.16. The Morgan fingerprint density at radius 2 is 2.17 bits per heavy atom. The summed E-state index contributed by atoms with van der Waals surface area (Å²) in [7, 11) is -3.34. The number of halogens is 1. The Balaban J connectivity index is 2.18. The molecule has 96 valence electrons. The van der Waals surface area contributed by atoms with Crippen molar-refractivity contribution in [3.05, 3.63) is 29.6 Å². The molecular formula is C11H10FNO4S. The van der Waals surface area contributed by atoms with Crippen LogP contribution in [-0.2, 0) is 9.84 Å². The molecule has 1 N–H and O–H groups in total. The van der Waals surface area contributed by atoms with Crippen molar-refractivity contribution in [3.8, 4) is 11.8 Å². The largest absolute Gasteiger partial charge is 0.484 e. The molecule has 18 heavy (non-hydrogen) atoms. The van der Waals surface area contributed by atoms with E-state index in [2.05, 4.69) is 0 Å². The number of aliphatic hydroxyl groups excluding tert-OH is 1. The summed E-state index contributed by atoms with van der Waals surface area (Å²) in [5.41, 5.74) is 0.138. The summed E-state index contributed by atoms with van der Waals surface area (Å²) in [6, 6.07) is 5.36. The monoisotopic (exact) mass is 271 g/mol. The van der Waals surface area contributed by atoms with Crippen LogP contribution in [0.1, 0.15) is 5.56 Å². The number of rotatable bonds is 2. The third kappa shape index (κ3) is 2.60. The Bertz CT molecular complexity index is 608. The van der Waals surface area contributed by atoms with Gasteiger partial charge in [-0.3, -0.25) is 0 Å². The highest BCUT2D eigenvalue weighted by atomic mass is 32.2. The summed E-state index contributed by atoms with van der Waals surface area (Å²) in [4.78, 5) is 0. The summed E-state index contributed by atoms with van der Waals surface area (Å²) in [5.74, 6) is -1.65. The molecule has 2 atom stereocenters. The molecule has 0 amide bonds. The molecule has 1 fully saturated rings. The van der Waals surface area contributed by atoms with E-state index in [-0.39, 0.29) is 22.8 Å². The molecule has 0 radical (unpaired) electrons. The molecule has 5 nitrogen and oxygen atoms in total. The van der Waals surface area contributed by atoms with Crippen molar-refractivity contribution in [2.75, 3.05) is 11.5 Å². The molecule has 2 unspecified atom stereocenters. The van der Waals surface area contributed by atoms with Gasteiger partial charge < -0.3 is 9.84 Å². The fourth-order valence-corrected chi connectivity index (χ4v) is 3.40. The summed E-state index contributed by atoms with van der Waals surface area (Å²) >= 11 is 0. The third-order valence-electron chi connectivity index (χ3n) is 2.61. The number of nitrogens with zero attached hydrogens (tertiary/aromatic N) is 1. The van der Waals surface area contributed by atoms with Crippen molar-refractivity contribution in [3.63, 3.8) is 0 Å². The van der Waals surface area contributed by atoms with Gasteiger partial charge in [0.15, 0.2) is 21.4 Å². The van der Waals surface area contributed by atoms with Crippen LogP contribution in [0.3, 0.4) is 0 Å². The van der Waals surface area contributed by atoms with Crippen LogP contribution in [0, 0.1) is 17.1 Å². The SMILES string of the molecule is N#Cc1ccc(OC2CS(=O)(=O)CC2O)c(F)c1. The zero-order valence-electron chi connectivity index (χ0n) is 9.21. The van der Waals surface area contributed by atoms with E-state index in [9.17, 15) is 17.9 Å². The maximum atomic E-state index is 13.5. The minimum atomic E-state index is -3.34. The molecule has 0 spiro atoms. The maximum absolute atomic E-state index is 13.5. The standard InChI is InChI=1S/C11H10FNO4S/c12-8-3-7(4-13)1-2-10(8)17-11-6-18(15,16)5-9(11)14/h1-3,9,11,14H,5-6H2. The Labute approximate surface area is 103 Å². The first-order valence-corrected chi connectivity index (χ1v) is 6.98. The number of sulfone groups is 1. The van der Waals surface area contributed by atoms with Crippen molar-refractivity contribution in [2.24, 2.45) is 0 Å². The lowest BCUT2D eigenvalue weighted by molar-refractivity contribution is 0.0711. The van der Waals surface area contributed by atoms with Gasteiger partial charge in [-0.05, 0) is 18.2 Å². The van der Waals surface area contributed by atoms with Crippen LogP contribution in [-0.4, -0.2) is 37.2 Å². The normalized spacial score (nSPS) is 25.6. The molecule has 1 aromatic rings. The van der Waals surface area contributed by atoms with Gasteiger partial charge in [-0.15, -0.1) is 0 Å². The minimum Gasteiger partial charge on any atom is -0.484 e. The predicted octanol–water partition coefficient (Wildman–Crippen LogP) is 0.234. The number of nitriles is 1. The molecule has 1 heterocycles. The van der Waals surface area contributed by atoms with Gasteiger partial charge in [0.1, 0.15) is 12.2 Å². The van der Waals surface area contributed by atoms with Crippen molar-refractivity contribution < 1.29 is 22.7 Å². The van der Waals surface area contributed by atoms with E-state index in [4.69, 9.17) is 10.00 Å². The zero-order valence-corrected chi connectivity index (χ0v) is 10.0. The lowest BCUT2D eigenvalue weighted by Crippen LogP contribution is -2.30. The number of hydrogen-bond acceptors (Lipinski definition) is 5. The average Bonchev–Trinajstić information content (AvgIpc) is 2.54. The van der Waals surface area contributed by atoms with E-state index < -0.39 is 27.9 Å². The Hall–Kier alpha value is -1.65. The third-order valence-corrected chi connectivity index (χ3v) is 4.30. The second-order valence-corrected chi connectivity index (χ2v) is 6.21. The zero-order chi connectivity index (χ0) is 13.3. The molecular weight excluding hydrogens is 261 g/mol. The summed E-state index contributed by atoms with van der Waals surface area (Å²) in [6.45, 7) is 0. The van der Waals surface area contributed by atoms with Gasteiger partial charge in [0.25, 0.3) is 0 Å². The van der Waals surface area contributed by atoms with Crippen molar-refractivity contribution >= 4 is 9.84 Å². The van der Waals surface area contributed by atoms with E-state index in [1.54, 1.807) is 6.07 Å². The van der Waals surface area contributed by atoms with Crippen LogP contribution in [0.4, 0.5) is 4.39 Å². The van der Waals surface area contributed by atoms with Gasteiger partial charge in [0.2, 0.25) is 0 Å². The second-order valence-electron chi connectivity index (χ2n) is 4.06. The van der Waals surface area contributed by atoms with Gasteiger partial charge >= 0.3 is 0 Å². The molecule has 1 saturated heterocycles. The molecule has 0 bridgehead atoms. The first-order chi connectivity index (χ1) is 8.41. The molecule has 2 rings (SSSR count). The van der Waals surface area contributed by atoms with Crippen LogP contribution in [0.5, 0.6) is 5.75 Å². The number of hydrogen-bond donors (Lipinski definition) is 1. The summed E-state index contributed by atoms with van der Waals surface area (Å²) in [6.07, 6.45) is -2.14. The van der Waals surface area contributed by atoms with Gasteiger partial charge in [-0.2, -0.15) is 5.26 Å². The minimum absolute atomic E-state index is 0.138. The number of ether oxygens (including phenoxy) is 1. The van der Waals surface area contributed by atoms with Crippen molar-refractivity contribution in [1.82, 2.24) is 0 Å². The highest BCUT2D eigenvalue weighted by Gasteiger charge is 2.38. The van der Waals surface area contributed by atoms with Crippen LogP contribution < -0.4 is 4.74 Å². The molecule has 7 heteroatoms. The average molecular weight is 271 g/mol. The fourth-order valence-electron chi connectivity index (χ4n) is 1.74. The van der Waals surface area contributed by atoms with Gasteiger partial charge in [-0.1, -0.05) is 0 Å². The Morgan fingerprint density at radius 3 is 2.67 bits per heavy atom. The first kappa shape index (κ1) is 12.8. The summed E-state index contributed by atoms with van der Waals surface area (Å²) in [5, 5.41) is 18.1. The highest BCUT2D eigenvalue weighted by molar-refractivity contribution is 7.91. The molecule has 1 aliphatic rings.